The van der Waals surface area contributed by atoms with Crippen LogP contribution in [0.1, 0.15) is 56.6 Å². The van der Waals surface area contributed by atoms with Crippen molar-refractivity contribution in [2.24, 2.45) is 0 Å². The number of pyridine rings is 1. The largest absolute Gasteiger partial charge is 0.371 e. The van der Waals surface area contributed by atoms with Gasteiger partial charge >= 0.3 is 0 Å². The van der Waals surface area contributed by atoms with Crippen molar-refractivity contribution in [1.29, 1.82) is 0 Å². The van der Waals surface area contributed by atoms with Crippen molar-refractivity contribution in [2.45, 2.75) is 57.1 Å². The molecule has 0 aromatic carbocycles. The van der Waals surface area contributed by atoms with E-state index in [0.717, 1.165) is 49.8 Å². The molecule has 4 heteroatoms. The van der Waals surface area contributed by atoms with E-state index in [4.69, 9.17) is 4.74 Å². The van der Waals surface area contributed by atoms with Crippen LogP contribution in [0, 0.1) is 0 Å². The van der Waals surface area contributed by atoms with Crippen molar-refractivity contribution < 1.29 is 9.53 Å². The Morgan fingerprint density at radius 3 is 2.91 bits per heavy atom. The molecule has 2 heterocycles. The van der Waals surface area contributed by atoms with Crippen molar-refractivity contribution in [3.8, 4) is 0 Å². The predicted octanol–water partition coefficient (Wildman–Crippen LogP) is 3.31. The fraction of sp³-hybridized carbons (Fsp3) is 0.556. The van der Waals surface area contributed by atoms with Crippen molar-refractivity contribution in [2.75, 3.05) is 6.61 Å². The maximum Gasteiger partial charge on any atom is 0.247 e. The molecule has 0 spiro atoms. The highest BCUT2D eigenvalue weighted by Crippen LogP contribution is 2.28. The highest BCUT2D eigenvalue weighted by Gasteiger charge is 2.29. The lowest BCUT2D eigenvalue weighted by Crippen LogP contribution is -2.43. The molecule has 0 radical (unpaired) electrons. The summed E-state index contributed by atoms with van der Waals surface area (Å²) in [4.78, 5) is 16.6. The molecule has 1 saturated heterocycles. The zero-order chi connectivity index (χ0) is 15.2. The van der Waals surface area contributed by atoms with Crippen LogP contribution in [-0.4, -0.2) is 23.5 Å². The van der Waals surface area contributed by atoms with E-state index in [1.807, 2.05) is 12.1 Å². The van der Waals surface area contributed by atoms with Gasteiger partial charge in [0.05, 0.1) is 6.04 Å². The van der Waals surface area contributed by atoms with Gasteiger partial charge in [-0.15, -0.1) is 0 Å². The van der Waals surface area contributed by atoms with Gasteiger partial charge in [-0.1, -0.05) is 12.5 Å². The van der Waals surface area contributed by atoms with Crippen molar-refractivity contribution >= 4 is 5.91 Å². The van der Waals surface area contributed by atoms with E-state index < -0.39 is 0 Å². The van der Waals surface area contributed by atoms with E-state index in [1.54, 1.807) is 12.4 Å². The summed E-state index contributed by atoms with van der Waals surface area (Å²) in [6, 6.07) is 3.99. The van der Waals surface area contributed by atoms with E-state index in [1.165, 1.54) is 12.8 Å². The summed E-state index contributed by atoms with van der Waals surface area (Å²) in [6.45, 7) is 0.752. The van der Waals surface area contributed by atoms with Gasteiger partial charge in [0, 0.05) is 24.6 Å². The molecule has 0 bridgehead atoms. The second-order valence-corrected chi connectivity index (χ2v) is 6.12. The van der Waals surface area contributed by atoms with Gasteiger partial charge in [0.25, 0.3) is 0 Å². The lowest BCUT2D eigenvalue weighted by Gasteiger charge is -2.32. The number of carbonyl (C=O) groups excluding carboxylic acids is 1. The molecule has 1 amide bonds. The number of rotatable bonds is 3. The minimum absolute atomic E-state index is 0.0489. The number of hydrogen-bond acceptors (Lipinski definition) is 3. The first-order valence-corrected chi connectivity index (χ1v) is 8.36. The molecule has 0 saturated carbocycles. The monoisotopic (exact) mass is 300 g/mol. The van der Waals surface area contributed by atoms with Crippen LogP contribution in [0.15, 0.2) is 36.2 Å². The number of aromatic nitrogens is 1. The van der Waals surface area contributed by atoms with Gasteiger partial charge in [-0.2, -0.15) is 0 Å². The molecule has 2 aliphatic rings. The number of carbonyl (C=O) groups is 1. The molecule has 2 atom stereocenters. The molecule has 1 aromatic heterocycles. The van der Waals surface area contributed by atoms with Gasteiger partial charge in [0.1, 0.15) is 6.10 Å². The molecule has 1 aliphatic carbocycles. The Bertz CT molecular complexity index is 527. The van der Waals surface area contributed by atoms with Crippen LogP contribution in [0.4, 0.5) is 0 Å². The first-order valence-electron chi connectivity index (χ1n) is 8.36. The number of nitrogens with zero attached hydrogens (tertiary/aromatic N) is 1. The molecule has 1 aliphatic heterocycles. The van der Waals surface area contributed by atoms with Gasteiger partial charge in [0.15, 0.2) is 0 Å². The number of nitrogens with one attached hydrogen (secondary N) is 1. The second kappa shape index (κ2) is 7.54. The average Bonchev–Trinajstić information content (AvgIpc) is 2.85. The number of hydrogen-bond donors (Lipinski definition) is 1. The zero-order valence-electron chi connectivity index (χ0n) is 13.0. The van der Waals surface area contributed by atoms with Gasteiger partial charge in [-0.25, -0.2) is 0 Å². The molecular weight excluding hydrogens is 276 g/mol. The molecule has 1 N–H and O–H groups in total. The Kier molecular flexibility index (Phi) is 5.22. The van der Waals surface area contributed by atoms with E-state index in [2.05, 4.69) is 16.4 Å². The van der Waals surface area contributed by atoms with Crippen molar-refractivity contribution in [3.05, 3.63) is 41.7 Å². The fourth-order valence-corrected chi connectivity index (χ4v) is 3.29. The summed E-state index contributed by atoms with van der Waals surface area (Å²) < 4.78 is 5.93. The third-order valence-corrected chi connectivity index (χ3v) is 4.51. The topological polar surface area (TPSA) is 51.2 Å². The summed E-state index contributed by atoms with van der Waals surface area (Å²) in [5, 5.41) is 3.21. The third-order valence-electron chi connectivity index (χ3n) is 4.51. The molecule has 1 aromatic rings. The van der Waals surface area contributed by atoms with E-state index in [-0.39, 0.29) is 18.1 Å². The van der Waals surface area contributed by atoms with Gasteiger partial charge in [-0.05, 0) is 56.2 Å². The minimum Gasteiger partial charge on any atom is -0.371 e. The first kappa shape index (κ1) is 15.2. The average molecular weight is 300 g/mol. The van der Waals surface area contributed by atoms with Crippen LogP contribution in [-0.2, 0) is 9.53 Å². The quantitative estimate of drug-likeness (QED) is 0.931. The Morgan fingerprint density at radius 1 is 1.18 bits per heavy atom. The van der Waals surface area contributed by atoms with Crippen LogP contribution in [0.3, 0.4) is 0 Å². The Labute approximate surface area is 132 Å². The van der Waals surface area contributed by atoms with Crippen LogP contribution >= 0.6 is 0 Å². The molecule has 4 nitrogen and oxygen atoms in total. The Morgan fingerprint density at radius 2 is 2.05 bits per heavy atom. The fourth-order valence-electron chi connectivity index (χ4n) is 3.29. The van der Waals surface area contributed by atoms with Gasteiger partial charge in [-0.3, -0.25) is 9.78 Å². The van der Waals surface area contributed by atoms with Crippen LogP contribution in [0.5, 0.6) is 0 Å². The number of allylic oxidation sites excluding steroid dienone is 1. The Balaban J connectivity index is 1.69. The summed E-state index contributed by atoms with van der Waals surface area (Å²) in [6.07, 6.45) is 13.0. The summed E-state index contributed by atoms with van der Waals surface area (Å²) >= 11 is 0. The van der Waals surface area contributed by atoms with Crippen LogP contribution in [0.25, 0.3) is 0 Å². The highest BCUT2D eigenvalue weighted by atomic mass is 16.5. The minimum atomic E-state index is -0.0629. The van der Waals surface area contributed by atoms with E-state index in [0.29, 0.717) is 0 Å². The molecule has 22 heavy (non-hydrogen) atoms. The van der Waals surface area contributed by atoms with E-state index in [9.17, 15) is 4.79 Å². The van der Waals surface area contributed by atoms with Gasteiger partial charge < -0.3 is 10.1 Å². The highest BCUT2D eigenvalue weighted by molar-refractivity contribution is 5.93. The number of amides is 1. The normalized spacial score (nSPS) is 25.9. The van der Waals surface area contributed by atoms with Gasteiger partial charge in [0.2, 0.25) is 5.91 Å². The number of ether oxygens (including phenoxy) is 1. The van der Waals surface area contributed by atoms with Crippen molar-refractivity contribution in [1.82, 2.24) is 10.3 Å². The molecule has 0 unspecified atom stereocenters. The standard InChI is InChI=1S/C18H24N2O2/c21-18(15-6-3-1-2-4-7-15)20-16-8-5-13-22-17(16)14-9-11-19-12-10-14/h6,9-12,16-17H,1-5,7-8,13H2,(H,20,21)/t16-,17+/m0/s1. The lowest BCUT2D eigenvalue weighted by molar-refractivity contribution is -0.120. The predicted molar refractivity (Wildman–Crippen MR) is 85.3 cm³/mol. The first-order chi connectivity index (χ1) is 10.8. The SMILES string of the molecule is O=C(N[C@H]1CCCO[C@@H]1c1ccncc1)C1=CCCCCC1. The molecular formula is C18H24N2O2. The molecule has 118 valence electrons. The third kappa shape index (κ3) is 3.74. The zero-order valence-corrected chi connectivity index (χ0v) is 13.0. The van der Waals surface area contributed by atoms with Crippen LogP contribution < -0.4 is 5.32 Å². The summed E-state index contributed by atoms with van der Waals surface area (Å²) in [5.41, 5.74) is 2.05. The second-order valence-electron chi connectivity index (χ2n) is 6.12. The molecule has 3 rings (SSSR count). The van der Waals surface area contributed by atoms with Crippen molar-refractivity contribution in [3.63, 3.8) is 0 Å². The maximum atomic E-state index is 12.5. The smallest absolute Gasteiger partial charge is 0.247 e. The summed E-state index contributed by atoms with van der Waals surface area (Å²) in [5.74, 6) is 0.0939. The van der Waals surface area contributed by atoms with Crippen LogP contribution in [0.2, 0.25) is 0 Å². The summed E-state index contributed by atoms with van der Waals surface area (Å²) in [7, 11) is 0. The molecule has 1 fully saturated rings. The maximum absolute atomic E-state index is 12.5. The lowest BCUT2D eigenvalue weighted by atomic mass is 9.96. The Hall–Kier alpha value is -1.68. The van der Waals surface area contributed by atoms with E-state index >= 15 is 0 Å².